The van der Waals surface area contributed by atoms with Crippen molar-refractivity contribution in [2.75, 3.05) is 26.2 Å². The number of nitrogens with zero attached hydrogens (tertiary/aromatic N) is 3. The number of aromatic nitrogens is 2. The van der Waals surface area contributed by atoms with Crippen molar-refractivity contribution in [3.05, 3.63) is 59.7 Å². The van der Waals surface area contributed by atoms with Crippen LogP contribution in [0.15, 0.2) is 48.5 Å². The zero-order valence-electron chi connectivity index (χ0n) is 18.1. The van der Waals surface area contributed by atoms with Gasteiger partial charge in [-0.1, -0.05) is 30.7 Å². The van der Waals surface area contributed by atoms with Gasteiger partial charge in [-0.25, -0.2) is 0 Å². The minimum atomic E-state index is -0.694. The number of ether oxygens (including phenoxy) is 1. The van der Waals surface area contributed by atoms with E-state index in [9.17, 15) is 5.11 Å². The average molecular weight is 444 g/mol. The molecule has 2 N–H and O–H groups in total. The molecule has 3 aromatic rings. The minimum Gasteiger partial charge on any atom is -1.00 e. The van der Waals surface area contributed by atoms with Gasteiger partial charge in [0.15, 0.2) is 0 Å². The highest BCUT2D eigenvalue weighted by atomic mass is 35.5. The van der Waals surface area contributed by atoms with Gasteiger partial charge in [-0.15, -0.1) is 0 Å². The Morgan fingerprint density at radius 3 is 2.39 bits per heavy atom. The molecule has 1 fully saturated rings. The van der Waals surface area contributed by atoms with E-state index in [1.54, 1.807) is 0 Å². The van der Waals surface area contributed by atoms with Gasteiger partial charge in [-0.3, -0.25) is 5.41 Å². The van der Waals surface area contributed by atoms with Gasteiger partial charge in [0.05, 0.1) is 17.6 Å². The van der Waals surface area contributed by atoms with Crippen LogP contribution in [0, 0.1) is 12.3 Å². The average Bonchev–Trinajstić information content (AvgIpc) is 3.03. The van der Waals surface area contributed by atoms with E-state index >= 15 is 0 Å². The Morgan fingerprint density at radius 1 is 0.968 bits per heavy atom. The number of piperidine rings is 1. The molecule has 0 amide bonds. The topological polar surface area (TPSA) is 66.4 Å². The highest BCUT2D eigenvalue weighted by molar-refractivity contribution is 5.75. The van der Waals surface area contributed by atoms with Gasteiger partial charge in [0.2, 0.25) is 5.62 Å². The van der Waals surface area contributed by atoms with Gasteiger partial charge in [0.1, 0.15) is 18.5 Å². The van der Waals surface area contributed by atoms with Gasteiger partial charge >= 0.3 is 0 Å². The van der Waals surface area contributed by atoms with Crippen molar-refractivity contribution < 1.29 is 22.3 Å². The lowest BCUT2D eigenvalue weighted by atomic mass is 10.1. The normalized spacial score (nSPS) is 15.5. The van der Waals surface area contributed by atoms with E-state index in [1.807, 2.05) is 54.0 Å². The summed E-state index contributed by atoms with van der Waals surface area (Å²) in [6, 6.07) is 15.9. The molecule has 7 heteroatoms. The summed E-state index contributed by atoms with van der Waals surface area (Å²) in [5, 5.41) is 19.4. The summed E-state index contributed by atoms with van der Waals surface area (Å²) >= 11 is 0. The van der Waals surface area contributed by atoms with E-state index in [-0.39, 0.29) is 19.0 Å². The molecule has 1 atom stereocenters. The van der Waals surface area contributed by atoms with Gasteiger partial charge in [-0.05, 0) is 62.7 Å². The fourth-order valence-electron chi connectivity index (χ4n) is 4.29. The second kappa shape index (κ2) is 10.8. The SMILES string of the molecule is Cc1cccc(OCC(O)Cn2c(=N)n(CCN3CCCCC3)c3ccccc32)c1.[Cl-]. The Balaban J connectivity index is 0.00000272. The molecule has 1 aliphatic heterocycles. The molecule has 168 valence electrons. The third kappa shape index (κ3) is 5.70. The molecule has 0 spiro atoms. The summed E-state index contributed by atoms with van der Waals surface area (Å²) < 4.78 is 9.73. The van der Waals surface area contributed by atoms with Crippen LogP contribution >= 0.6 is 0 Å². The number of rotatable bonds is 8. The van der Waals surface area contributed by atoms with E-state index in [2.05, 4.69) is 15.5 Å². The number of halogens is 1. The maximum absolute atomic E-state index is 10.6. The van der Waals surface area contributed by atoms with Crippen LogP contribution in [0.4, 0.5) is 0 Å². The molecule has 1 aromatic heterocycles. The number of para-hydroxylation sites is 2. The fourth-order valence-corrected chi connectivity index (χ4v) is 4.29. The van der Waals surface area contributed by atoms with Crippen LogP contribution in [0.2, 0.25) is 0 Å². The summed E-state index contributed by atoms with van der Waals surface area (Å²) in [4.78, 5) is 2.49. The first-order valence-electron chi connectivity index (χ1n) is 10.9. The largest absolute Gasteiger partial charge is 1.00 e. The molecule has 2 heterocycles. The number of hydrogen-bond donors (Lipinski definition) is 2. The standard InChI is InChI=1S/C24H32N4O2.ClH/c1-19-8-7-9-21(16-19)30-18-20(29)17-28-23-11-4-3-10-22(23)27(24(28)25)15-14-26-12-5-2-6-13-26;/h3-4,7-11,16,20,25,29H,2,5-6,12-15,17-18H2,1H3;1H/p-1. The van der Waals surface area contributed by atoms with E-state index in [0.29, 0.717) is 12.2 Å². The summed E-state index contributed by atoms with van der Waals surface area (Å²) in [6.07, 6.45) is 3.18. The fraction of sp³-hybridized carbons (Fsp3) is 0.458. The Bertz CT molecular complexity index is 1040. The Labute approximate surface area is 190 Å². The first-order valence-corrected chi connectivity index (χ1v) is 10.9. The number of fused-ring (bicyclic) bond motifs is 1. The molecule has 1 unspecified atom stereocenters. The van der Waals surface area contributed by atoms with Gasteiger partial charge in [-0.2, -0.15) is 0 Å². The van der Waals surface area contributed by atoms with Crippen molar-refractivity contribution in [3.63, 3.8) is 0 Å². The predicted molar refractivity (Wildman–Crippen MR) is 119 cm³/mol. The van der Waals surface area contributed by atoms with E-state index < -0.39 is 6.10 Å². The van der Waals surface area contributed by atoms with Crippen LogP contribution in [0.5, 0.6) is 5.75 Å². The second-order valence-electron chi connectivity index (χ2n) is 8.26. The molecular formula is C24H32ClN4O2-. The maximum atomic E-state index is 10.6. The molecule has 1 aliphatic rings. The number of aliphatic hydroxyl groups excluding tert-OH is 1. The molecule has 6 nitrogen and oxygen atoms in total. The molecule has 0 aliphatic carbocycles. The summed E-state index contributed by atoms with van der Waals surface area (Å²) in [7, 11) is 0. The number of nitrogens with one attached hydrogen (secondary N) is 1. The van der Waals surface area contributed by atoms with Crippen molar-refractivity contribution in [2.24, 2.45) is 0 Å². The molecule has 0 saturated carbocycles. The lowest BCUT2D eigenvalue weighted by Gasteiger charge is -2.26. The minimum absolute atomic E-state index is 0. The summed E-state index contributed by atoms with van der Waals surface area (Å²) in [5.41, 5.74) is 3.59. The van der Waals surface area contributed by atoms with E-state index in [1.165, 1.54) is 19.3 Å². The molecule has 4 rings (SSSR count). The molecule has 1 saturated heterocycles. The first kappa shape index (κ1) is 23.4. The molecular weight excluding hydrogens is 412 g/mol. The number of aryl methyl sites for hydroxylation is 1. The lowest BCUT2D eigenvalue weighted by Crippen LogP contribution is -3.00. The van der Waals surface area contributed by atoms with Crippen LogP contribution < -0.4 is 22.8 Å². The number of aliphatic hydroxyl groups is 1. The van der Waals surface area contributed by atoms with Gasteiger partial charge < -0.3 is 36.3 Å². The highest BCUT2D eigenvalue weighted by Gasteiger charge is 2.16. The first-order chi connectivity index (χ1) is 14.6. The second-order valence-corrected chi connectivity index (χ2v) is 8.26. The summed E-state index contributed by atoms with van der Waals surface area (Å²) in [5.74, 6) is 0.758. The quantitative estimate of drug-likeness (QED) is 0.521. The van der Waals surface area contributed by atoms with Gasteiger partial charge in [0.25, 0.3) is 0 Å². The van der Waals surface area contributed by atoms with Crippen LogP contribution in [0.25, 0.3) is 11.0 Å². The third-order valence-corrected chi connectivity index (χ3v) is 5.89. The Morgan fingerprint density at radius 2 is 1.68 bits per heavy atom. The number of hydrogen-bond acceptors (Lipinski definition) is 4. The predicted octanol–water partition coefficient (Wildman–Crippen LogP) is 0.160. The zero-order chi connectivity index (χ0) is 20.9. The summed E-state index contributed by atoms with van der Waals surface area (Å²) in [6.45, 7) is 6.62. The Kier molecular flexibility index (Phi) is 8.18. The van der Waals surface area contributed by atoms with Gasteiger partial charge in [0, 0.05) is 13.1 Å². The Hall–Kier alpha value is -2.28. The van der Waals surface area contributed by atoms with Crippen molar-refractivity contribution in [2.45, 2.75) is 45.4 Å². The number of benzene rings is 2. The molecule has 0 radical (unpaired) electrons. The molecule has 0 bridgehead atoms. The van der Waals surface area contributed by atoms with Crippen molar-refractivity contribution in [1.29, 1.82) is 5.41 Å². The highest BCUT2D eigenvalue weighted by Crippen LogP contribution is 2.16. The van der Waals surface area contributed by atoms with Crippen LogP contribution in [-0.4, -0.2) is 51.5 Å². The number of imidazole rings is 1. The number of likely N-dealkylation sites (tertiary alicyclic amines) is 1. The smallest absolute Gasteiger partial charge is 0.203 e. The van der Waals surface area contributed by atoms with Crippen molar-refractivity contribution in [3.8, 4) is 5.75 Å². The zero-order valence-corrected chi connectivity index (χ0v) is 18.9. The van der Waals surface area contributed by atoms with Crippen LogP contribution in [-0.2, 0) is 13.1 Å². The van der Waals surface area contributed by atoms with Crippen LogP contribution in [0.3, 0.4) is 0 Å². The van der Waals surface area contributed by atoms with E-state index in [0.717, 1.165) is 48.5 Å². The molecule has 31 heavy (non-hydrogen) atoms. The lowest BCUT2D eigenvalue weighted by molar-refractivity contribution is -0.00000844. The van der Waals surface area contributed by atoms with Crippen molar-refractivity contribution >= 4 is 11.0 Å². The maximum Gasteiger partial charge on any atom is 0.203 e. The van der Waals surface area contributed by atoms with Crippen LogP contribution in [0.1, 0.15) is 24.8 Å². The third-order valence-electron chi connectivity index (χ3n) is 5.89. The monoisotopic (exact) mass is 443 g/mol. The van der Waals surface area contributed by atoms with E-state index in [4.69, 9.17) is 10.1 Å². The van der Waals surface area contributed by atoms with Crippen molar-refractivity contribution in [1.82, 2.24) is 14.0 Å². The molecule has 2 aromatic carbocycles.